The number of benzene rings is 1. The smallest absolute Gasteiger partial charge is 0.228 e. The van der Waals surface area contributed by atoms with Gasteiger partial charge in [-0.2, -0.15) is 0 Å². The van der Waals surface area contributed by atoms with Crippen LogP contribution in [0, 0.1) is 0 Å². The second kappa shape index (κ2) is 7.13. The van der Waals surface area contributed by atoms with Crippen molar-refractivity contribution in [1.29, 1.82) is 0 Å². The molecule has 5 nitrogen and oxygen atoms in total. The Morgan fingerprint density at radius 1 is 1.13 bits per heavy atom. The zero-order valence-electron chi connectivity index (χ0n) is 14.0. The lowest BCUT2D eigenvalue weighted by Gasteiger charge is -2.21. The molecule has 1 aromatic heterocycles. The van der Waals surface area contributed by atoms with Gasteiger partial charge in [0.2, 0.25) is 5.91 Å². The first kappa shape index (κ1) is 16.8. The van der Waals surface area contributed by atoms with Crippen molar-refractivity contribution in [2.75, 3.05) is 17.7 Å². The fraction of sp³-hybridized carbons (Fsp3) is 0.333. The predicted molar refractivity (Wildman–Crippen MR) is 92.9 cm³/mol. The zero-order chi connectivity index (χ0) is 16.9. The predicted octanol–water partition coefficient (Wildman–Crippen LogP) is 3.48. The summed E-state index contributed by atoms with van der Waals surface area (Å²) >= 11 is 0. The summed E-state index contributed by atoms with van der Waals surface area (Å²) in [7, 11) is 1.62. The van der Waals surface area contributed by atoms with E-state index in [-0.39, 0.29) is 11.4 Å². The number of carbonyl (C=O) groups is 1. The van der Waals surface area contributed by atoms with Crippen LogP contribution < -0.4 is 15.4 Å². The van der Waals surface area contributed by atoms with Gasteiger partial charge in [-0.05, 0) is 50.6 Å². The van der Waals surface area contributed by atoms with Crippen LogP contribution in [-0.4, -0.2) is 23.5 Å². The molecule has 2 N–H and O–H groups in total. The largest absolute Gasteiger partial charge is 0.497 e. The number of methoxy groups -OCH3 is 1. The van der Waals surface area contributed by atoms with Gasteiger partial charge in [0.15, 0.2) is 0 Å². The Bertz CT molecular complexity index is 643. The van der Waals surface area contributed by atoms with Gasteiger partial charge in [-0.15, -0.1) is 0 Å². The zero-order valence-corrected chi connectivity index (χ0v) is 14.0. The molecule has 1 aromatic carbocycles. The van der Waals surface area contributed by atoms with E-state index in [0.29, 0.717) is 12.1 Å². The highest BCUT2D eigenvalue weighted by Gasteiger charge is 2.10. The molecular weight excluding hydrogens is 290 g/mol. The van der Waals surface area contributed by atoms with Crippen LogP contribution in [0.1, 0.15) is 26.3 Å². The van der Waals surface area contributed by atoms with Gasteiger partial charge in [0, 0.05) is 5.54 Å². The van der Waals surface area contributed by atoms with Crippen molar-refractivity contribution in [1.82, 2.24) is 4.98 Å². The quantitative estimate of drug-likeness (QED) is 0.887. The van der Waals surface area contributed by atoms with E-state index in [1.807, 2.05) is 36.4 Å². The summed E-state index contributed by atoms with van der Waals surface area (Å²) in [4.78, 5) is 16.4. The van der Waals surface area contributed by atoms with Gasteiger partial charge >= 0.3 is 0 Å². The summed E-state index contributed by atoms with van der Waals surface area (Å²) in [6, 6.07) is 11.1. The summed E-state index contributed by atoms with van der Waals surface area (Å²) in [5.41, 5.74) is 1.57. The number of nitrogens with one attached hydrogen (secondary N) is 2. The maximum Gasteiger partial charge on any atom is 0.228 e. The highest BCUT2D eigenvalue weighted by atomic mass is 16.5. The monoisotopic (exact) mass is 313 g/mol. The topological polar surface area (TPSA) is 63.2 Å². The van der Waals surface area contributed by atoms with Crippen molar-refractivity contribution in [2.45, 2.75) is 32.7 Å². The van der Waals surface area contributed by atoms with Crippen LogP contribution >= 0.6 is 0 Å². The molecule has 0 atom stereocenters. The molecule has 2 aromatic rings. The van der Waals surface area contributed by atoms with Crippen molar-refractivity contribution in [3.8, 4) is 5.75 Å². The molecule has 0 saturated carbocycles. The minimum absolute atomic E-state index is 0.0495. The molecule has 0 radical (unpaired) electrons. The molecule has 122 valence electrons. The van der Waals surface area contributed by atoms with Gasteiger partial charge < -0.3 is 15.4 Å². The fourth-order valence-corrected chi connectivity index (χ4v) is 2.06. The highest BCUT2D eigenvalue weighted by molar-refractivity contribution is 5.92. The Balaban J connectivity index is 1.91. The van der Waals surface area contributed by atoms with E-state index < -0.39 is 0 Å². The third kappa shape index (κ3) is 5.62. The van der Waals surface area contributed by atoms with E-state index in [2.05, 4.69) is 36.4 Å². The summed E-state index contributed by atoms with van der Waals surface area (Å²) in [5.74, 6) is 1.49. The standard InChI is InChI=1S/C18H23N3O2/c1-18(2,3)21-16-10-7-14(12-19-16)20-17(22)11-13-5-8-15(23-4)9-6-13/h5-10,12H,11H2,1-4H3,(H,19,21)(H,20,22). The van der Waals surface area contributed by atoms with Crippen LogP contribution in [0.2, 0.25) is 0 Å². The molecule has 23 heavy (non-hydrogen) atoms. The van der Waals surface area contributed by atoms with E-state index in [0.717, 1.165) is 17.1 Å². The first-order valence-corrected chi connectivity index (χ1v) is 7.53. The van der Waals surface area contributed by atoms with Gasteiger partial charge in [-0.1, -0.05) is 12.1 Å². The molecule has 1 amide bonds. The first-order chi connectivity index (χ1) is 10.9. The Labute approximate surface area is 137 Å². The molecule has 0 fully saturated rings. The number of hydrogen-bond acceptors (Lipinski definition) is 4. The van der Waals surface area contributed by atoms with E-state index in [1.165, 1.54) is 0 Å². The Hall–Kier alpha value is -2.56. The summed E-state index contributed by atoms with van der Waals surface area (Å²) < 4.78 is 5.10. The number of carbonyl (C=O) groups excluding carboxylic acids is 1. The number of hydrogen-bond donors (Lipinski definition) is 2. The van der Waals surface area contributed by atoms with Crippen LogP contribution in [0.5, 0.6) is 5.75 Å². The summed E-state index contributed by atoms with van der Waals surface area (Å²) in [5, 5.41) is 6.13. The lowest BCUT2D eigenvalue weighted by atomic mass is 10.1. The summed E-state index contributed by atoms with van der Waals surface area (Å²) in [6.07, 6.45) is 1.96. The number of nitrogens with zero attached hydrogens (tertiary/aromatic N) is 1. The van der Waals surface area contributed by atoms with Gasteiger partial charge in [0.25, 0.3) is 0 Å². The lowest BCUT2D eigenvalue weighted by Crippen LogP contribution is -2.26. The molecule has 1 heterocycles. The molecular formula is C18H23N3O2. The SMILES string of the molecule is COc1ccc(CC(=O)Nc2ccc(NC(C)(C)C)nc2)cc1. The van der Waals surface area contributed by atoms with Crippen LogP contribution in [0.15, 0.2) is 42.6 Å². The Kier molecular flexibility index (Phi) is 5.21. The number of ether oxygens (including phenoxy) is 1. The first-order valence-electron chi connectivity index (χ1n) is 7.53. The third-order valence-electron chi connectivity index (χ3n) is 3.07. The molecule has 0 aliphatic heterocycles. The molecule has 5 heteroatoms. The second-order valence-corrected chi connectivity index (χ2v) is 6.38. The van der Waals surface area contributed by atoms with E-state index in [4.69, 9.17) is 4.74 Å². The Morgan fingerprint density at radius 3 is 2.35 bits per heavy atom. The third-order valence-corrected chi connectivity index (χ3v) is 3.07. The minimum Gasteiger partial charge on any atom is -0.497 e. The van der Waals surface area contributed by atoms with Gasteiger partial charge in [0.05, 0.1) is 25.4 Å². The minimum atomic E-state index is -0.0755. The van der Waals surface area contributed by atoms with E-state index in [9.17, 15) is 4.79 Å². The van der Waals surface area contributed by atoms with E-state index >= 15 is 0 Å². The van der Waals surface area contributed by atoms with Crippen LogP contribution in [0.4, 0.5) is 11.5 Å². The van der Waals surface area contributed by atoms with Crippen molar-refractivity contribution in [3.05, 3.63) is 48.2 Å². The molecule has 0 spiro atoms. The van der Waals surface area contributed by atoms with Crippen molar-refractivity contribution < 1.29 is 9.53 Å². The molecule has 0 bridgehead atoms. The number of aromatic nitrogens is 1. The van der Waals surface area contributed by atoms with Crippen molar-refractivity contribution in [3.63, 3.8) is 0 Å². The number of pyridine rings is 1. The number of anilines is 2. The van der Waals surface area contributed by atoms with Gasteiger partial charge in [-0.3, -0.25) is 4.79 Å². The molecule has 2 rings (SSSR count). The summed E-state index contributed by atoms with van der Waals surface area (Å²) in [6.45, 7) is 6.21. The molecule has 0 aliphatic carbocycles. The normalized spacial score (nSPS) is 11.0. The van der Waals surface area contributed by atoms with Crippen molar-refractivity contribution >= 4 is 17.4 Å². The average Bonchev–Trinajstić information content (AvgIpc) is 2.48. The van der Waals surface area contributed by atoms with Crippen molar-refractivity contribution in [2.24, 2.45) is 0 Å². The highest BCUT2D eigenvalue weighted by Crippen LogP contribution is 2.15. The number of amides is 1. The maximum absolute atomic E-state index is 12.1. The fourth-order valence-electron chi connectivity index (χ4n) is 2.06. The molecule has 0 unspecified atom stereocenters. The number of rotatable bonds is 5. The van der Waals surface area contributed by atoms with Crippen LogP contribution in [-0.2, 0) is 11.2 Å². The average molecular weight is 313 g/mol. The second-order valence-electron chi connectivity index (χ2n) is 6.38. The lowest BCUT2D eigenvalue weighted by molar-refractivity contribution is -0.115. The maximum atomic E-state index is 12.1. The van der Waals surface area contributed by atoms with Crippen LogP contribution in [0.25, 0.3) is 0 Å². The van der Waals surface area contributed by atoms with Gasteiger partial charge in [0.1, 0.15) is 11.6 Å². The molecule has 0 saturated heterocycles. The Morgan fingerprint density at radius 2 is 1.83 bits per heavy atom. The van der Waals surface area contributed by atoms with E-state index in [1.54, 1.807) is 13.3 Å². The molecule has 0 aliphatic rings. The van der Waals surface area contributed by atoms with Crippen LogP contribution in [0.3, 0.4) is 0 Å². The van der Waals surface area contributed by atoms with Gasteiger partial charge in [-0.25, -0.2) is 4.98 Å².